The van der Waals surface area contributed by atoms with Crippen molar-refractivity contribution < 1.29 is 14.0 Å². The predicted octanol–water partition coefficient (Wildman–Crippen LogP) is 4.21. The highest BCUT2D eigenvalue weighted by Crippen LogP contribution is 2.27. The van der Waals surface area contributed by atoms with Crippen LogP contribution in [-0.2, 0) is 4.79 Å². The molecule has 1 N–H and O–H groups in total. The number of amides is 1. The van der Waals surface area contributed by atoms with Gasteiger partial charge in [0.15, 0.2) is 0 Å². The molecular weight excluding hydrogens is 364 g/mol. The van der Waals surface area contributed by atoms with E-state index in [0.717, 1.165) is 49.2 Å². The molecule has 1 saturated heterocycles. The molecule has 3 aromatic rings. The maximum atomic E-state index is 13.0. The van der Waals surface area contributed by atoms with Crippen molar-refractivity contribution in [2.24, 2.45) is 5.92 Å². The largest absolute Gasteiger partial charge is 0.467 e. The Morgan fingerprint density at radius 2 is 1.72 bits per heavy atom. The monoisotopic (exact) mass is 388 g/mol. The quantitative estimate of drug-likeness (QED) is 0.643. The fourth-order valence-corrected chi connectivity index (χ4v) is 3.84. The van der Waals surface area contributed by atoms with Gasteiger partial charge in [0, 0.05) is 30.3 Å². The van der Waals surface area contributed by atoms with Crippen molar-refractivity contribution in [1.29, 1.82) is 0 Å². The van der Waals surface area contributed by atoms with Gasteiger partial charge in [0.2, 0.25) is 5.91 Å². The molecule has 5 nitrogen and oxygen atoms in total. The van der Waals surface area contributed by atoms with Gasteiger partial charge < -0.3 is 14.6 Å². The minimum Gasteiger partial charge on any atom is -0.467 e. The van der Waals surface area contributed by atoms with Gasteiger partial charge in [0.05, 0.1) is 6.26 Å². The third-order valence-electron chi connectivity index (χ3n) is 5.51. The number of nitrogens with zero attached hydrogens (tertiary/aromatic N) is 1. The van der Waals surface area contributed by atoms with Gasteiger partial charge in [-0.05, 0) is 54.8 Å². The maximum absolute atomic E-state index is 13.0. The minimum absolute atomic E-state index is 0.0262. The van der Waals surface area contributed by atoms with Crippen LogP contribution in [0.5, 0.6) is 0 Å². The minimum atomic E-state index is -0.285. The number of carbonyl (C=O) groups is 2. The molecule has 5 heteroatoms. The number of hydrogen-bond acceptors (Lipinski definition) is 4. The Balaban J connectivity index is 1.40. The molecule has 29 heavy (non-hydrogen) atoms. The van der Waals surface area contributed by atoms with Crippen LogP contribution >= 0.6 is 0 Å². The van der Waals surface area contributed by atoms with Crippen LogP contribution in [-0.4, -0.2) is 25.3 Å². The third kappa shape index (κ3) is 4.40. The number of aldehydes is 1. The number of piperidine rings is 1. The lowest BCUT2D eigenvalue weighted by Gasteiger charge is -2.33. The van der Waals surface area contributed by atoms with Crippen molar-refractivity contribution in [1.82, 2.24) is 5.32 Å². The number of nitrogens with one attached hydrogen (secondary N) is 1. The molecule has 1 aliphatic rings. The lowest BCUT2D eigenvalue weighted by molar-refractivity contribution is -0.126. The topological polar surface area (TPSA) is 62.6 Å². The van der Waals surface area contributed by atoms with E-state index in [9.17, 15) is 9.59 Å². The summed E-state index contributed by atoms with van der Waals surface area (Å²) in [6.45, 7) is 1.63. The van der Waals surface area contributed by atoms with Crippen molar-refractivity contribution in [3.05, 3.63) is 89.9 Å². The van der Waals surface area contributed by atoms with Gasteiger partial charge in [0.25, 0.3) is 0 Å². The first-order valence-corrected chi connectivity index (χ1v) is 9.93. The fraction of sp³-hybridized carbons (Fsp3) is 0.250. The molecule has 2 heterocycles. The summed E-state index contributed by atoms with van der Waals surface area (Å²) in [7, 11) is 0. The standard InChI is InChI=1S/C24H24N2O3/c27-17-18-8-10-21(11-9-18)26-14-12-20(13-15-26)24(28)25-23(22-7-4-16-29-22)19-5-2-1-3-6-19/h1-11,16-17,20,23H,12-15H2,(H,25,28)/t23-/m1/s1. The van der Waals surface area contributed by atoms with Crippen LogP contribution in [0.4, 0.5) is 5.69 Å². The van der Waals surface area contributed by atoms with E-state index in [1.807, 2.05) is 66.7 Å². The van der Waals surface area contributed by atoms with Gasteiger partial charge in [-0.2, -0.15) is 0 Å². The zero-order valence-electron chi connectivity index (χ0n) is 16.2. The Morgan fingerprint density at radius 1 is 1.00 bits per heavy atom. The molecule has 0 spiro atoms. The van der Waals surface area contributed by atoms with Gasteiger partial charge in [-0.25, -0.2) is 0 Å². The van der Waals surface area contributed by atoms with E-state index in [1.54, 1.807) is 6.26 Å². The average Bonchev–Trinajstić information content (AvgIpc) is 3.33. The van der Waals surface area contributed by atoms with Crippen LogP contribution in [0.25, 0.3) is 0 Å². The molecule has 0 bridgehead atoms. The molecule has 1 atom stereocenters. The highest BCUT2D eigenvalue weighted by molar-refractivity contribution is 5.80. The van der Waals surface area contributed by atoms with Gasteiger partial charge in [-0.3, -0.25) is 9.59 Å². The van der Waals surface area contributed by atoms with E-state index >= 15 is 0 Å². The Kier molecular flexibility index (Phi) is 5.75. The summed E-state index contributed by atoms with van der Waals surface area (Å²) in [5.74, 6) is 0.769. The molecule has 0 saturated carbocycles. The summed E-state index contributed by atoms with van der Waals surface area (Å²) >= 11 is 0. The second-order valence-corrected chi connectivity index (χ2v) is 7.34. The van der Waals surface area contributed by atoms with E-state index in [0.29, 0.717) is 5.56 Å². The zero-order valence-corrected chi connectivity index (χ0v) is 16.2. The van der Waals surface area contributed by atoms with E-state index in [4.69, 9.17) is 4.42 Å². The van der Waals surface area contributed by atoms with Crippen molar-refractivity contribution in [2.75, 3.05) is 18.0 Å². The van der Waals surface area contributed by atoms with Gasteiger partial charge >= 0.3 is 0 Å². The molecule has 0 aliphatic carbocycles. The lowest BCUT2D eigenvalue weighted by atomic mass is 9.94. The van der Waals surface area contributed by atoms with Crippen LogP contribution in [0.3, 0.4) is 0 Å². The summed E-state index contributed by atoms with van der Waals surface area (Å²) in [5, 5.41) is 3.19. The Morgan fingerprint density at radius 3 is 2.34 bits per heavy atom. The van der Waals surface area contributed by atoms with Crippen molar-refractivity contribution in [2.45, 2.75) is 18.9 Å². The highest BCUT2D eigenvalue weighted by atomic mass is 16.3. The third-order valence-corrected chi connectivity index (χ3v) is 5.51. The van der Waals surface area contributed by atoms with E-state index < -0.39 is 0 Å². The summed E-state index contributed by atoms with van der Waals surface area (Å²) in [6.07, 6.45) is 4.07. The molecule has 2 aromatic carbocycles. The average molecular weight is 388 g/mol. The summed E-state index contributed by atoms with van der Waals surface area (Å²) in [6, 6.07) is 20.9. The summed E-state index contributed by atoms with van der Waals surface area (Å²) in [5.41, 5.74) is 2.77. The number of benzene rings is 2. The smallest absolute Gasteiger partial charge is 0.224 e. The summed E-state index contributed by atoms with van der Waals surface area (Å²) < 4.78 is 5.58. The van der Waals surface area contributed by atoms with Crippen LogP contribution in [0.15, 0.2) is 77.4 Å². The molecule has 1 amide bonds. The lowest BCUT2D eigenvalue weighted by Crippen LogP contribution is -2.41. The van der Waals surface area contributed by atoms with Crippen LogP contribution in [0.1, 0.15) is 40.6 Å². The highest BCUT2D eigenvalue weighted by Gasteiger charge is 2.28. The van der Waals surface area contributed by atoms with Crippen molar-refractivity contribution >= 4 is 17.9 Å². The van der Waals surface area contributed by atoms with Crippen molar-refractivity contribution in [3.8, 4) is 0 Å². The number of furan rings is 1. The Bertz CT molecular complexity index is 928. The van der Waals surface area contributed by atoms with Crippen LogP contribution in [0, 0.1) is 5.92 Å². The number of anilines is 1. The molecule has 0 unspecified atom stereocenters. The fourth-order valence-electron chi connectivity index (χ4n) is 3.84. The number of carbonyl (C=O) groups excluding carboxylic acids is 2. The first-order valence-electron chi connectivity index (χ1n) is 9.93. The van der Waals surface area contributed by atoms with E-state index in [-0.39, 0.29) is 17.9 Å². The number of rotatable bonds is 6. The Labute approximate surface area is 170 Å². The molecular formula is C24H24N2O3. The molecule has 1 aliphatic heterocycles. The SMILES string of the molecule is O=Cc1ccc(N2CCC(C(=O)N[C@H](c3ccccc3)c3ccco3)CC2)cc1. The molecule has 148 valence electrons. The maximum Gasteiger partial charge on any atom is 0.224 e. The molecule has 4 rings (SSSR count). The predicted molar refractivity (Wildman–Crippen MR) is 112 cm³/mol. The van der Waals surface area contributed by atoms with E-state index in [2.05, 4.69) is 10.2 Å². The van der Waals surface area contributed by atoms with Gasteiger partial charge in [-0.1, -0.05) is 30.3 Å². The van der Waals surface area contributed by atoms with Crippen LogP contribution < -0.4 is 10.2 Å². The molecule has 1 fully saturated rings. The van der Waals surface area contributed by atoms with Crippen LogP contribution in [0.2, 0.25) is 0 Å². The van der Waals surface area contributed by atoms with Gasteiger partial charge in [-0.15, -0.1) is 0 Å². The molecule has 1 aromatic heterocycles. The zero-order chi connectivity index (χ0) is 20.1. The van der Waals surface area contributed by atoms with Crippen molar-refractivity contribution in [3.63, 3.8) is 0 Å². The number of hydrogen-bond donors (Lipinski definition) is 1. The molecule has 0 radical (unpaired) electrons. The van der Waals surface area contributed by atoms with E-state index in [1.165, 1.54) is 0 Å². The Hall–Kier alpha value is -3.34. The first-order chi connectivity index (χ1) is 14.2. The first kappa shape index (κ1) is 19.0. The second kappa shape index (κ2) is 8.78. The summed E-state index contributed by atoms with van der Waals surface area (Å²) in [4.78, 5) is 26.1. The second-order valence-electron chi connectivity index (χ2n) is 7.34. The van der Waals surface area contributed by atoms with Gasteiger partial charge in [0.1, 0.15) is 18.1 Å². The normalized spacial score (nSPS) is 15.7.